The maximum atomic E-state index is 2.38. The van der Waals surface area contributed by atoms with Crippen molar-refractivity contribution in [1.29, 1.82) is 0 Å². The van der Waals surface area contributed by atoms with Gasteiger partial charge in [-0.3, -0.25) is 0 Å². The highest BCUT2D eigenvalue weighted by Gasteiger charge is 2.19. The second-order valence-electron chi connectivity index (χ2n) is 21.7. The number of anilines is 9. The van der Waals surface area contributed by atoms with Crippen molar-refractivity contribution < 1.29 is 0 Å². The number of benzene rings is 15. The van der Waals surface area contributed by atoms with Crippen molar-refractivity contribution >= 4 is 94.3 Å². The van der Waals surface area contributed by atoms with Gasteiger partial charge in [0.1, 0.15) is 0 Å². The number of rotatable bonds is 13. The third-order valence-corrected chi connectivity index (χ3v) is 16.6. The molecule has 0 saturated carbocycles. The van der Waals surface area contributed by atoms with Gasteiger partial charge in [0.25, 0.3) is 0 Å². The zero-order valence-electron chi connectivity index (χ0n) is 46.8. The molecule has 0 radical (unpaired) electrons. The van der Waals surface area contributed by atoms with Crippen LogP contribution in [0.1, 0.15) is 0 Å². The Labute approximate surface area is 496 Å². The van der Waals surface area contributed by atoms with Gasteiger partial charge < -0.3 is 14.7 Å². The molecule has 0 spiro atoms. The highest BCUT2D eigenvalue weighted by Crippen LogP contribution is 2.44. The monoisotopic (exact) mass is 1080 g/mol. The average Bonchev–Trinajstić information content (AvgIpc) is 2.96. The molecule has 15 aromatic carbocycles. The Morgan fingerprint density at radius 1 is 0.129 bits per heavy atom. The lowest BCUT2D eigenvalue weighted by Crippen LogP contribution is -2.10. The van der Waals surface area contributed by atoms with E-state index in [2.05, 4.69) is 360 Å². The van der Waals surface area contributed by atoms with Gasteiger partial charge in [0.05, 0.1) is 0 Å². The largest absolute Gasteiger partial charge is 0.310 e. The van der Waals surface area contributed by atoms with Crippen molar-refractivity contribution in [3.05, 3.63) is 346 Å². The van der Waals surface area contributed by atoms with E-state index in [1.54, 1.807) is 0 Å². The molecule has 0 aliphatic heterocycles. The lowest BCUT2D eigenvalue weighted by molar-refractivity contribution is 1.29. The molecule has 15 rings (SSSR count). The van der Waals surface area contributed by atoms with Crippen LogP contribution in [0, 0.1) is 0 Å². The van der Waals surface area contributed by atoms with Gasteiger partial charge in [-0.25, -0.2) is 0 Å². The Balaban J connectivity index is 0.762. The Kier molecular flexibility index (Phi) is 13.3. The van der Waals surface area contributed by atoms with E-state index >= 15 is 0 Å². The molecule has 0 aliphatic carbocycles. The van der Waals surface area contributed by atoms with Gasteiger partial charge in [-0.1, -0.05) is 237 Å². The first-order chi connectivity index (χ1) is 42.1. The number of hydrogen-bond acceptors (Lipinski definition) is 3. The molecule has 400 valence electrons. The lowest BCUT2D eigenvalue weighted by atomic mass is 9.98. The molecule has 0 amide bonds. The molecular formula is C82H57N3. The van der Waals surface area contributed by atoms with E-state index < -0.39 is 0 Å². The van der Waals surface area contributed by atoms with Gasteiger partial charge in [0.15, 0.2) is 0 Å². The molecule has 0 atom stereocenters. The van der Waals surface area contributed by atoms with E-state index in [4.69, 9.17) is 0 Å². The van der Waals surface area contributed by atoms with Crippen LogP contribution in [-0.2, 0) is 0 Å². The summed E-state index contributed by atoms with van der Waals surface area (Å²) in [5.41, 5.74) is 19.4. The Hall–Kier alpha value is -11.3. The number of fused-ring (bicyclic) bond motifs is 6. The zero-order valence-corrected chi connectivity index (χ0v) is 46.8. The highest BCUT2D eigenvalue weighted by atomic mass is 15.2. The van der Waals surface area contributed by atoms with E-state index in [-0.39, 0.29) is 0 Å². The number of hydrogen-bond donors (Lipinski definition) is 0. The molecule has 0 saturated heterocycles. The van der Waals surface area contributed by atoms with E-state index in [1.165, 1.54) is 87.6 Å². The third kappa shape index (κ3) is 10.0. The SMILES string of the molecule is c1ccc(-c2ccc(N(c3ccc(-c4ccccc4)cc3)c3ccc4c(ccc5cc(N(c6ccccc6)c6ccc7c(ccc8cc(N(c9ccc(-c%10ccccc%10)cc9)c9ccc(-c%10ccccc%10)cc9)ccc87)c6)ccc54)c3)cc2)cc1. The van der Waals surface area contributed by atoms with Crippen molar-refractivity contribution in [2.75, 3.05) is 14.7 Å². The van der Waals surface area contributed by atoms with Crippen LogP contribution in [0.5, 0.6) is 0 Å². The van der Waals surface area contributed by atoms with E-state index in [9.17, 15) is 0 Å². The van der Waals surface area contributed by atoms with Crippen molar-refractivity contribution in [1.82, 2.24) is 0 Å². The molecule has 85 heavy (non-hydrogen) atoms. The Bertz CT molecular complexity index is 4360. The van der Waals surface area contributed by atoms with Crippen LogP contribution in [-0.4, -0.2) is 0 Å². The standard InChI is InChI=1S/C82H57N3/c1-6-16-58(17-7-1)62-30-38-71(39-31-62)83(72-40-32-63(33-41-72)59-18-8-2-9-19-59)75-46-50-79-66(54-75)26-28-68-56-77(48-52-81(68)79)85(70-24-14-5-15-25-70)78-49-53-82-69(57-78)29-27-67-55-76(47-51-80(67)82)84(73-42-34-64(35-43-73)60-20-10-3-11-21-60)74-44-36-65(37-45-74)61-22-12-4-13-23-61/h1-57H. The second-order valence-corrected chi connectivity index (χ2v) is 21.7. The summed E-state index contributed by atoms with van der Waals surface area (Å²) < 4.78 is 0. The van der Waals surface area contributed by atoms with Gasteiger partial charge in [-0.15, -0.1) is 0 Å². The molecule has 0 unspecified atom stereocenters. The second kappa shape index (κ2) is 22.2. The Morgan fingerprint density at radius 2 is 0.306 bits per heavy atom. The Morgan fingerprint density at radius 3 is 0.541 bits per heavy atom. The van der Waals surface area contributed by atoms with Gasteiger partial charge >= 0.3 is 0 Å². The number of nitrogens with zero attached hydrogens (tertiary/aromatic N) is 3. The van der Waals surface area contributed by atoms with Gasteiger partial charge in [-0.2, -0.15) is 0 Å². The van der Waals surface area contributed by atoms with E-state index in [0.29, 0.717) is 0 Å². The minimum absolute atomic E-state index is 1.09. The molecule has 0 heterocycles. The summed E-state index contributed by atoms with van der Waals surface area (Å²) in [4.78, 5) is 7.12. The maximum Gasteiger partial charge on any atom is 0.0468 e. The molecule has 15 aromatic rings. The molecule has 3 heteroatoms. The van der Waals surface area contributed by atoms with Crippen molar-refractivity contribution in [2.24, 2.45) is 0 Å². The van der Waals surface area contributed by atoms with Crippen LogP contribution in [0.4, 0.5) is 51.2 Å². The van der Waals surface area contributed by atoms with Crippen LogP contribution in [0.25, 0.3) is 87.6 Å². The smallest absolute Gasteiger partial charge is 0.0468 e. The minimum Gasteiger partial charge on any atom is -0.310 e. The quantitative estimate of drug-likeness (QED) is 0.107. The fourth-order valence-electron chi connectivity index (χ4n) is 12.3. The molecule has 3 nitrogen and oxygen atoms in total. The van der Waals surface area contributed by atoms with Crippen LogP contribution >= 0.6 is 0 Å². The molecule has 0 fully saturated rings. The van der Waals surface area contributed by atoms with Crippen LogP contribution in [0.3, 0.4) is 0 Å². The number of para-hydroxylation sites is 1. The molecule has 0 aliphatic rings. The van der Waals surface area contributed by atoms with Crippen molar-refractivity contribution in [2.45, 2.75) is 0 Å². The highest BCUT2D eigenvalue weighted by molar-refractivity contribution is 6.12. The predicted octanol–water partition coefficient (Wildman–Crippen LogP) is 23.4. The topological polar surface area (TPSA) is 9.72 Å². The fraction of sp³-hybridized carbons (Fsp3) is 0. The van der Waals surface area contributed by atoms with E-state index in [1.807, 2.05) is 0 Å². The summed E-state index contributed by atoms with van der Waals surface area (Å²) in [6.07, 6.45) is 0. The first kappa shape index (κ1) is 50.7. The maximum absolute atomic E-state index is 2.38. The van der Waals surface area contributed by atoms with Crippen molar-refractivity contribution in [3.8, 4) is 44.5 Å². The van der Waals surface area contributed by atoms with Crippen LogP contribution in [0.2, 0.25) is 0 Å². The minimum atomic E-state index is 1.09. The van der Waals surface area contributed by atoms with Crippen LogP contribution < -0.4 is 14.7 Å². The molecule has 0 aromatic heterocycles. The molecule has 0 bridgehead atoms. The molecular weight excluding hydrogens is 1030 g/mol. The van der Waals surface area contributed by atoms with Gasteiger partial charge in [-0.05, 0) is 197 Å². The van der Waals surface area contributed by atoms with Gasteiger partial charge in [0, 0.05) is 51.2 Å². The summed E-state index contributed by atoms with van der Waals surface area (Å²) in [6.45, 7) is 0. The summed E-state index contributed by atoms with van der Waals surface area (Å²) in [6, 6.07) is 126. The van der Waals surface area contributed by atoms with Crippen LogP contribution in [0.15, 0.2) is 346 Å². The first-order valence-corrected chi connectivity index (χ1v) is 29.1. The summed E-state index contributed by atoms with van der Waals surface area (Å²) in [5, 5.41) is 9.57. The first-order valence-electron chi connectivity index (χ1n) is 29.1. The lowest BCUT2D eigenvalue weighted by Gasteiger charge is -2.27. The third-order valence-electron chi connectivity index (χ3n) is 16.6. The normalized spacial score (nSPS) is 11.3. The van der Waals surface area contributed by atoms with Gasteiger partial charge in [0.2, 0.25) is 0 Å². The fourth-order valence-corrected chi connectivity index (χ4v) is 12.3. The average molecular weight is 1080 g/mol. The molecule has 0 N–H and O–H groups in total. The summed E-state index contributed by atoms with van der Waals surface area (Å²) >= 11 is 0. The summed E-state index contributed by atoms with van der Waals surface area (Å²) in [5.74, 6) is 0. The predicted molar refractivity (Wildman–Crippen MR) is 362 cm³/mol. The van der Waals surface area contributed by atoms with Crippen molar-refractivity contribution in [3.63, 3.8) is 0 Å². The summed E-state index contributed by atoms with van der Waals surface area (Å²) in [7, 11) is 0. The zero-order chi connectivity index (χ0) is 56.5. The van der Waals surface area contributed by atoms with E-state index in [0.717, 1.165) is 51.2 Å².